The topological polar surface area (TPSA) is 77.2 Å². The molecule has 0 saturated carbocycles. The van der Waals surface area contributed by atoms with E-state index in [2.05, 4.69) is 15.5 Å². The van der Waals surface area contributed by atoms with Crippen LogP contribution in [0.25, 0.3) is 22.9 Å². The molecule has 0 bridgehead atoms. The minimum Gasteiger partial charge on any atom is -0.494 e. The minimum atomic E-state index is -0.205. The molecule has 0 spiro atoms. The van der Waals surface area contributed by atoms with E-state index in [4.69, 9.17) is 9.15 Å². The molecule has 0 radical (unpaired) electrons. The van der Waals surface area contributed by atoms with E-state index in [9.17, 15) is 4.79 Å². The summed E-state index contributed by atoms with van der Waals surface area (Å²) < 4.78 is 11.2. The number of amides is 1. The highest BCUT2D eigenvalue weighted by Gasteiger charge is 2.11. The van der Waals surface area contributed by atoms with E-state index in [1.54, 1.807) is 30.3 Å². The van der Waals surface area contributed by atoms with Crippen LogP contribution in [0.2, 0.25) is 0 Å². The van der Waals surface area contributed by atoms with Gasteiger partial charge in [-0.05, 0) is 61.5 Å². The smallest absolute Gasteiger partial charge is 0.255 e. The van der Waals surface area contributed by atoms with Crippen LogP contribution in [0.1, 0.15) is 17.3 Å². The van der Waals surface area contributed by atoms with Gasteiger partial charge in [0.2, 0.25) is 11.8 Å². The molecule has 6 heteroatoms. The van der Waals surface area contributed by atoms with Crippen LogP contribution >= 0.6 is 0 Å². The molecule has 0 unspecified atom stereocenters. The Morgan fingerprint density at radius 3 is 2.28 bits per heavy atom. The highest BCUT2D eigenvalue weighted by molar-refractivity contribution is 6.04. The molecule has 0 aliphatic rings. The normalized spacial score (nSPS) is 10.5. The summed E-state index contributed by atoms with van der Waals surface area (Å²) in [7, 11) is 0. The van der Waals surface area contributed by atoms with Crippen molar-refractivity contribution < 1.29 is 13.9 Å². The quantitative estimate of drug-likeness (QED) is 0.502. The monoisotopic (exact) mass is 385 g/mol. The first-order valence-electron chi connectivity index (χ1n) is 9.26. The zero-order valence-electron chi connectivity index (χ0n) is 15.8. The van der Waals surface area contributed by atoms with Crippen molar-refractivity contribution in [2.45, 2.75) is 6.92 Å². The maximum absolute atomic E-state index is 12.5. The van der Waals surface area contributed by atoms with E-state index in [0.717, 1.165) is 11.1 Å². The number of hydrogen-bond acceptors (Lipinski definition) is 5. The van der Waals surface area contributed by atoms with Crippen LogP contribution in [-0.4, -0.2) is 22.7 Å². The Labute approximate surface area is 168 Å². The maximum Gasteiger partial charge on any atom is 0.255 e. The predicted molar refractivity (Wildman–Crippen MR) is 111 cm³/mol. The molecule has 1 heterocycles. The summed E-state index contributed by atoms with van der Waals surface area (Å²) >= 11 is 0. The van der Waals surface area contributed by atoms with Gasteiger partial charge in [0.05, 0.1) is 6.61 Å². The zero-order chi connectivity index (χ0) is 20.1. The number of carbonyl (C=O) groups is 1. The van der Waals surface area contributed by atoms with Crippen LogP contribution in [0.4, 0.5) is 5.69 Å². The third kappa shape index (κ3) is 4.32. The van der Waals surface area contributed by atoms with Crippen molar-refractivity contribution in [3.63, 3.8) is 0 Å². The molecule has 6 nitrogen and oxygen atoms in total. The first kappa shape index (κ1) is 18.4. The minimum absolute atomic E-state index is 0.205. The summed E-state index contributed by atoms with van der Waals surface area (Å²) in [6.07, 6.45) is 0. The molecule has 0 aliphatic carbocycles. The summed E-state index contributed by atoms with van der Waals surface area (Å²) in [6.45, 7) is 2.45. The van der Waals surface area contributed by atoms with Gasteiger partial charge in [0.15, 0.2) is 0 Å². The molecule has 144 valence electrons. The zero-order valence-corrected chi connectivity index (χ0v) is 15.8. The third-order valence-electron chi connectivity index (χ3n) is 4.24. The lowest BCUT2D eigenvalue weighted by Crippen LogP contribution is -2.11. The van der Waals surface area contributed by atoms with Gasteiger partial charge in [-0.3, -0.25) is 4.79 Å². The summed E-state index contributed by atoms with van der Waals surface area (Å²) in [5.74, 6) is 1.35. The molecule has 3 aromatic carbocycles. The lowest BCUT2D eigenvalue weighted by atomic mass is 10.1. The SMILES string of the molecule is CCOc1cccc(C(=O)Nc2ccc(-c3nnc(-c4ccccc4)o3)cc2)c1. The molecular weight excluding hydrogens is 366 g/mol. The summed E-state index contributed by atoms with van der Waals surface area (Å²) in [5.41, 5.74) is 2.84. The van der Waals surface area contributed by atoms with Crippen LogP contribution in [0.15, 0.2) is 83.3 Å². The van der Waals surface area contributed by atoms with E-state index in [0.29, 0.717) is 35.4 Å². The van der Waals surface area contributed by atoms with Gasteiger partial charge < -0.3 is 14.5 Å². The van der Waals surface area contributed by atoms with Gasteiger partial charge >= 0.3 is 0 Å². The van der Waals surface area contributed by atoms with Crippen molar-refractivity contribution in [2.24, 2.45) is 0 Å². The van der Waals surface area contributed by atoms with Crippen molar-refractivity contribution in [2.75, 3.05) is 11.9 Å². The van der Waals surface area contributed by atoms with Crippen molar-refractivity contribution in [1.82, 2.24) is 10.2 Å². The maximum atomic E-state index is 12.5. The second-order valence-corrected chi connectivity index (χ2v) is 6.27. The van der Waals surface area contributed by atoms with Gasteiger partial charge in [0.25, 0.3) is 5.91 Å². The number of anilines is 1. The Morgan fingerprint density at radius 2 is 1.59 bits per heavy atom. The van der Waals surface area contributed by atoms with Gasteiger partial charge in [-0.25, -0.2) is 0 Å². The van der Waals surface area contributed by atoms with Gasteiger partial charge in [-0.1, -0.05) is 24.3 Å². The Hall–Kier alpha value is -3.93. The standard InChI is InChI=1S/C23H19N3O3/c1-2-28-20-10-6-9-18(15-20)21(27)24-19-13-11-17(12-14-19)23-26-25-22(29-23)16-7-4-3-5-8-16/h3-15H,2H2,1H3,(H,24,27). The average molecular weight is 385 g/mol. The molecular formula is C23H19N3O3. The number of ether oxygens (including phenoxy) is 1. The van der Waals surface area contributed by atoms with Gasteiger partial charge in [0, 0.05) is 22.4 Å². The first-order chi connectivity index (χ1) is 14.2. The fourth-order valence-electron chi connectivity index (χ4n) is 2.83. The van der Waals surface area contributed by atoms with Crippen LogP contribution in [-0.2, 0) is 0 Å². The van der Waals surface area contributed by atoms with Crippen LogP contribution < -0.4 is 10.1 Å². The van der Waals surface area contributed by atoms with Gasteiger partial charge in [-0.2, -0.15) is 0 Å². The Bertz CT molecular complexity index is 1110. The summed E-state index contributed by atoms with van der Waals surface area (Å²) in [5, 5.41) is 11.1. The van der Waals surface area contributed by atoms with Crippen molar-refractivity contribution >= 4 is 11.6 Å². The number of nitrogens with zero attached hydrogens (tertiary/aromatic N) is 2. The first-order valence-corrected chi connectivity index (χ1v) is 9.26. The Kier molecular flexibility index (Phi) is 5.33. The van der Waals surface area contributed by atoms with E-state index in [1.807, 2.05) is 55.5 Å². The highest BCUT2D eigenvalue weighted by Crippen LogP contribution is 2.25. The Morgan fingerprint density at radius 1 is 0.897 bits per heavy atom. The number of rotatable bonds is 6. The van der Waals surface area contributed by atoms with E-state index < -0.39 is 0 Å². The van der Waals surface area contributed by atoms with Gasteiger partial charge in [-0.15, -0.1) is 10.2 Å². The van der Waals surface area contributed by atoms with Crippen LogP contribution in [0.5, 0.6) is 5.75 Å². The van der Waals surface area contributed by atoms with Crippen molar-refractivity contribution in [3.05, 3.63) is 84.4 Å². The van der Waals surface area contributed by atoms with Gasteiger partial charge in [0.1, 0.15) is 5.75 Å². The summed E-state index contributed by atoms with van der Waals surface area (Å²) in [4.78, 5) is 12.5. The predicted octanol–water partition coefficient (Wildman–Crippen LogP) is 5.05. The van der Waals surface area contributed by atoms with Crippen molar-refractivity contribution in [1.29, 1.82) is 0 Å². The summed E-state index contributed by atoms with van der Waals surface area (Å²) in [6, 6.07) is 23.9. The molecule has 0 aliphatic heterocycles. The van der Waals surface area contributed by atoms with Crippen LogP contribution in [0, 0.1) is 0 Å². The average Bonchev–Trinajstić information content (AvgIpc) is 3.26. The molecule has 1 N–H and O–H groups in total. The second-order valence-electron chi connectivity index (χ2n) is 6.27. The number of benzene rings is 3. The highest BCUT2D eigenvalue weighted by atomic mass is 16.5. The van der Waals surface area contributed by atoms with Crippen LogP contribution in [0.3, 0.4) is 0 Å². The van der Waals surface area contributed by atoms with E-state index in [-0.39, 0.29) is 5.91 Å². The largest absolute Gasteiger partial charge is 0.494 e. The molecule has 0 fully saturated rings. The molecule has 1 amide bonds. The fraction of sp³-hybridized carbons (Fsp3) is 0.0870. The third-order valence-corrected chi connectivity index (χ3v) is 4.24. The van der Waals surface area contributed by atoms with E-state index in [1.165, 1.54) is 0 Å². The molecule has 0 atom stereocenters. The fourth-order valence-corrected chi connectivity index (χ4v) is 2.83. The number of hydrogen-bond donors (Lipinski definition) is 1. The second kappa shape index (κ2) is 8.39. The lowest BCUT2D eigenvalue weighted by molar-refractivity contribution is 0.102. The number of carbonyl (C=O) groups excluding carboxylic acids is 1. The number of aromatic nitrogens is 2. The molecule has 4 rings (SSSR count). The molecule has 1 aromatic heterocycles. The molecule has 0 saturated heterocycles. The number of nitrogens with one attached hydrogen (secondary N) is 1. The Balaban J connectivity index is 1.46. The molecule has 29 heavy (non-hydrogen) atoms. The molecule has 4 aromatic rings. The van der Waals surface area contributed by atoms with E-state index >= 15 is 0 Å². The van der Waals surface area contributed by atoms with Crippen molar-refractivity contribution in [3.8, 4) is 28.7 Å². The lowest BCUT2D eigenvalue weighted by Gasteiger charge is -2.08.